The molecule has 0 bridgehead atoms. The van der Waals surface area contributed by atoms with E-state index in [0.717, 1.165) is 38.3 Å². The van der Waals surface area contributed by atoms with Crippen LogP contribution in [0.1, 0.15) is 16.9 Å². The monoisotopic (exact) mass is 422 g/mol. The Morgan fingerprint density at radius 2 is 2.24 bits per heavy atom. The highest BCUT2D eigenvalue weighted by Gasteiger charge is 2.25. The first-order valence-corrected chi connectivity index (χ1v) is 9.85. The molecule has 2 aromatic rings. The van der Waals surface area contributed by atoms with Gasteiger partial charge >= 0.3 is 0 Å². The van der Waals surface area contributed by atoms with E-state index in [1.54, 1.807) is 12.1 Å². The zero-order valence-electron chi connectivity index (χ0n) is 16.6. The van der Waals surface area contributed by atoms with Crippen LogP contribution in [-0.4, -0.2) is 78.8 Å². The van der Waals surface area contributed by atoms with Crippen LogP contribution in [0.5, 0.6) is 0 Å². The van der Waals surface area contributed by atoms with E-state index in [-0.39, 0.29) is 11.7 Å². The van der Waals surface area contributed by atoms with E-state index < -0.39 is 12.1 Å². The lowest BCUT2D eigenvalue weighted by Gasteiger charge is -2.40. The third-order valence-corrected chi connectivity index (χ3v) is 5.16. The molecule has 1 amide bonds. The fourth-order valence-electron chi connectivity index (χ4n) is 3.27. The summed E-state index contributed by atoms with van der Waals surface area (Å²) < 4.78 is 4.86. The van der Waals surface area contributed by atoms with Crippen molar-refractivity contribution in [3.63, 3.8) is 0 Å². The van der Waals surface area contributed by atoms with Crippen molar-refractivity contribution in [2.75, 3.05) is 62.8 Å². The molecule has 1 atom stereocenters. The van der Waals surface area contributed by atoms with Gasteiger partial charge in [-0.1, -0.05) is 11.6 Å². The molecule has 1 aliphatic heterocycles. The third-order valence-electron chi connectivity index (χ3n) is 4.83. The smallest absolute Gasteiger partial charge is 0.292 e. The Morgan fingerprint density at radius 3 is 2.90 bits per heavy atom. The molecule has 4 N–H and O–H groups in total. The van der Waals surface area contributed by atoms with Crippen LogP contribution < -0.4 is 16.0 Å². The van der Waals surface area contributed by atoms with Gasteiger partial charge in [-0.15, -0.1) is 0 Å². The Balaban J connectivity index is 1.63. The van der Waals surface area contributed by atoms with Crippen molar-refractivity contribution in [3.8, 4) is 0 Å². The van der Waals surface area contributed by atoms with E-state index in [1.807, 2.05) is 20.2 Å². The predicted molar refractivity (Wildman–Crippen MR) is 113 cm³/mol. The van der Waals surface area contributed by atoms with Crippen molar-refractivity contribution in [3.05, 3.63) is 35.2 Å². The number of aliphatic hydroxyl groups is 1. The van der Waals surface area contributed by atoms with Crippen molar-refractivity contribution in [1.82, 2.24) is 14.8 Å². The quantitative estimate of drug-likeness (QED) is 0.616. The first kappa shape index (κ1) is 21.4. The predicted octanol–water partition coefficient (Wildman–Crippen LogP) is 1.55. The van der Waals surface area contributed by atoms with Gasteiger partial charge in [-0.25, -0.2) is 0 Å². The number of nitrogens with one attached hydrogen (secondary N) is 1. The number of aromatic nitrogens is 1. The Bertz CT molecular complexity index is 843. The van der Waals surface area contributed by atoms with Crippen LogP contribution in [0, 0.1) is 0 Å². The van der Waals surface area contributed by atoms with Crippen LogP contribution in [0.15, 0.2) is 28.9 Å². The molecule has 3 rings (SSSR count). The molecule has 10 heteroatoms. The largest absolute Gasteiger partial charge is 0.431 e. The summed E-state index contributed by atoms with van der Waals surface area (Å²) in [7, 11) is 4.09. The van der Waals surface area contributed by atoms with Crippen LogP contribution >= 0.6 is 11.6 Å². The Labute approximate surface area is 175 Å². The van der Waals surface area contributed by atoms with Gasteiger partial charge in [0, 0.05) is 25.3 Å². The summed E-state index contributed by atoms with van der Waals surface area (Å²) in [6.07, 6.45) is 1.65. The van der Waals surface area contributed by atoms with Gasteiger partial charge in [-0.2, -0.15) is 4.98 Å². The number of carbonyl (C=O) groups excluding carboxylic acids is 1. The van der Waals surface area contributed by atoms with Crippen LogP contribution in [-0.2, 0) is 0 Å². The standard InChI is InChI=1S/C19H27ClN6O3/c1-24(2)6-3-7-25-8-9-26(11-17(25)27)13-4-5-14(20)15(10-13)22-18(28)16-12-29-19(21)23-16/h4-5,10,12,17,27H,3,6-9,11H2,1-2H3,(H2,21,23)(H,22,28). The minimum Gasteiger partial charge on any atom is -0.431 e. The highest BCUT2D eigenvalue weighted by atomic mass is 35.5. The van der Waals surface area contributed by atoms with Crippen LogP contribution in [0.2, 0.25) is 5.02 Å². The molecule has 0 radical (unpaired) electrons. The maximum Gasteiger partial charge on any atom is 0.292 e. The number of hydrogen-bond donors (Lipinski definition) is 3. The van der Waals surface area contributed by atoms with Crippen LogP contribution in [0.3, 0.4) is 0 Å². The summed E-state index contributed by atoms with van der Waals surface area (Å²) in [6, 6.07) is 5.31. The minimum atomic E-state index is -0.544. The summed E-state index contributed by atoms with van der Waals surface area (Å²) in [4.78, 5) is 22.4. The molecule has 1 aromatic heterocycles. The van der Waals surface area contributed by atoms with Gasteiger partial charge in [0.1, 0.15) is 12.5 Å². The molecule has 1 saturated heterocycles. The maximum atomic E-state index is 12.3. The number of benzene rings is 1. The van der Waals surface area contributed by atoms with Gasteiger partial charge in [0.2, 0.25) is 0 Å². The number of nitrogen functional groups attached to an aromatic ring is 1. The average molecular weight is 423 g/mol. The number of carbonyl (C=O) groups is 1. The van der Waals surface area contributed by atoms with Crippen molar-refractivity contribution in [2.24, 2.45) is 0 Å². The number of amides is 1. The third kappa shape index (κ3) is 5.60. The van der Waals surface area contributed by atoms with E-state index in [1.165, 1.54) is 6.26 Å². The number of halogens is 1. The van der Waals surface area contributed by atoms with E-state index in [2.05, 4.69) is 25.0 Å². The van der Waals surface area contributed by atoms with E-state index in [4.69, 9.17) is 21.8 Å². The van der Waals surface area contributed by atoms with Gasteiger partial charge in [-0.3, -0.25) is 9.69 Å². The summed E-state index contributed by atoms with van der Waals surface area (Å²) in [6.45, 7) is 3.86. The summed E-state index contributed by atoms with van der Waals surface area (Å²) in [5.74, 6) is -0.463. The van der Waals surface area contributed by atoms with Crippen molar-refractivity contribution < 1.29 is 14.3 Å². The minimum absolute atomic E-state index is 0.0748. The van der Waals surface area contributed by atoms with E-state index >= 15 is 0 Å². The number of hydrogen-bond acceptors (Lipinski definition) is 8. The fraction of sp³-hybridized carbons (Fsp3) is 0.474. The maximum absolute atomic E-state index is 12.3. The zero-order valence-corrected chi connectivity index (χ0v) is 17.4. The molecule has 1 aliphatic rings. The number of aliphatic hydroxyl groups excluding tert-OH is 1. The molecule has 1 fully saturated rings. The highest BCUT2D eigenvalue weighted by molar-refractivity contribution is 6.34. The fourth-order valence-corrected chi connectivity index (χ4v) is 3.44. The molecular weight excluding hydrogens is 396 g/mol. The van der Waals surface area contributed by atoms with Crippen LogP contribution in [0.25, 0.3) is 0 Å². The normalized spacial score (nSPS) is 17.7. The second-order valence-corrected chi connectivity index (χ2v) is 7.72. The van der Waals surface area contributed by atoms with Gasteiger partial charge in [0.25, 0.3) is 11.9 Å². The number of nitrogens with two attached hydrogens (primary N) is 1. The molecule has 158 valence electrons. The van der Waals surface area contributed by atoms with Gasteiger partial charge in [-0.05, 0) is 45.3 Å². The number of oxazole rings is 1. The van der Waals surface area contributed by atoms with Crippen molar-refractivity contribution >= 4 is 34.9 Å². The van der Waals surface area contributed by atoms with E-state index in [9.17, 15) is 9.90 Å². The lowest BCUT2D eigenvalue weighted by Crippen LogP contribution is -2.53. The molecule has 0 aliphatic carbocycles. The summed E-state index contributed by atoms with van der Waals surface area (Å²) in [5, 5.41) is 13.7. The molecule has 1 aromatic carbocycles. The first-order valence-electron chi connectivity index (χ1n) is 9.47. The highest BCUT2D eigenvalue weighted by Crippen LogP contribution is 2.29. The molecule has 1 unspecified atom stereocenters. The summed E-state index contributed by atoms with van der Waals surface area (Å²) >= 11 is 6.24. The van der Waals surface area contributed by atoms with Gasteiger partial charge in [0.05, 0.1) is 17.3 Å². The van der Waals surface area contributed by atoms with E-state index in [0.29, 0.717) is 17.3 Å². The topological polar surface area (TPSA) is 111 Å². The van der Waals surface area contributed by atoms with Crippen LogP contribution in [0.4, 0.5) is 17.4 Å². The zero-order chi connectivity index (χ0) is 21.0. The number of β-amino-alcohol motifs (C(OH)–C–C–N with tert-alkyl or cyclic N) is 1. The lowest BCUT2D eigenvalue weighted by atomic mass is 10.2. The van der Waals surface area contributed by atoms with Gasteiger partial charge in [0.15, 0.2) is 5.69 Å². The number of piperazine rings is 1. The Morgan fingerprint density at radius 1 is 1.45 bits per heavy atom. The number of rotatable bonds is 7. The molecule has 0 spiro atoms. The number of anilines is 3. The Kier molecular flexibility index (Phi) is 6.96. The second-order valence-electron chi connectivity index (χ2n) is 7.31. The second kappa shape index (κ2) is 9.45. The SMILES string of the molecule is CN(C)CCCN1CCN(c2ccc(Cl)c(NC(=O)c3coc(N)n3)c2)CC1O. The molecule has 9 nitrogen and oxygen atoms in total. The average Bonchev–Trinajstić information content (AvgIpc) is 3.11. The summed E-state index contributed by atoms with van der Waals surface area (Å²) in [5.41, 5.74) is 6.81. The number of nitrogens with zero attached hydrogens (tertiary/aromatic N) is 4. The molecule has 0 saturated carbocycles. The molecule has 29 heavy (non-hydrogen) atoms. The molecular formula is C19H27ClN6O3. The molecule has 2 heterocycles. The van der Waals surface area contributed by atoms with Crippen molar-refractivity contribution in [2.45, 2.75) is 12.6 Å². The first-order chi connectivity index (χ1) is 13.8. The van der Waals surface area contributed by atoms with Crippen molar-refractivity contribution in [1.29, 1.82) is 0 Å². The van der Waals surface area contributed by atoms with Gasteiger partial charge < -0.3 is 30.4 Å². The lowest BCUT2D eigenvalue weighted by molar-refractivity contribution is -0.00480. The Hall–Kier alpha value is -2.33.